The summed E-state index contributed by atoms with van der Waals surface area (Å²) in [6.07, 6.45) is 2.50. The van der Waals surface area contributed by atoms with Crippen LogP contribution >= 0.6 is 11.3 Å². The molecule has 0 atom stereocenters. The van der Waals surface area contributed by atoms with Crippen molar-refractivity contribution >= 4 is 23.1 Å². The van der Waals surface area contributed by atoms with Gasteiger partial charge in [-0.25, -0.2) is 0 Å². The van der Waals surface area contributed by atoms with Gasteiger partial charge < -0.3 is 15.8 Å². The molecular weight excluding hydrogens is 250 g/mol. The number of oxime groups is 1. The maximum absolute atomic E-state index is 12.3. The van der Waals surface area contributed by atoms with Gasteiger partial charge in [-0.3, -0.25) is 4.79 Å². The van der Waals surface area contributed by atoms with Gasteiger partial charge in [0.2, 0.25) is 0 Å². The van der Waals surface area contributed by atoms with E-state index in [4.69, 9.17) is 10.9 Å². The summed E-state index contributed by atoms with van der Waals surface area (Å²) in [7, 11) is 0. The number of hydrogen-bond acceptors (Lipinski definition) is 4. The standard InChI is InChI=1S/C12H17N3O2S/c1-8-2-5-10(18-8)12(16)15(9-3-4-9)7-6-11(13)14-17/h2,5,9,17H,3-4,6-7H2,1H3,(H2,13,14). The lowest BCUT2D eigenvalue weighted by molar-refractivity contribution is 0.0752. The molecule has 0 aliphatic heterocycles. The zero-order valence-corrected chi connectivity index (χ0v) is 11.1. The third-order valence-corrected chi connectivity index (χ3v) is 3.93. The summed E-state index contributed by atoms with van der Waals surface area (Å²) in [6, 6.07) is 4.14. The van der Waals surface area contributed by atoms with Crippen molar-refractivity contribution in [3.05, 3.63) is 21.9 Å². The first-order chi connectivity index (χ1) is 8.61. The van der Waals surface area contributed by atoms with Crippen LogP contribution in [-0.4, -0.2) is 34.4 Å². The fraction of sp³-hybridized carbons (Fsp3) is 0.500. The molecule has 1 aliphatic carbocycles. The number of carbonyl (C=O) groups is 1. The van der Waals surface area contributed by atoms with Gasteiger partial charge in [0.05, 0.1) is 4.88 Å². The second-order valence-corrected chi connectivity index (χ2v) is 5.77. The molecule has 0 spiro atoms. The van der Waals surface area contributed by atoms with Gasteiger partial charge in [0.15, 0.2) is 0 Å². The molecule has 0 aromatic carbocycles. The van der Waals surface area contributed by atoms with Crippen LogP contribution < -0.4 is 5.73 Å². The molecule has 18 heavy (non-hydrogen) atoms. The van der Waals surface area contributed by atoms with Crippen molar-refractivity contribution in [1.29, 1.82) is 0 Å². The number of amides is 1. The highest BCUT2D eigenvalue weighted by Gasteiger charge is 2.33. The molecule has 0 radical (unpaired) electrons. The molecule has 0 unspecified atom stereocenters. The fourth-order valence-corrected chi connectivity index (χ4v) is 2.64. The van der Waals surface area contributed by atoms with Crippen molar-refractivity contribution in [1.82, 2.24) is 4.90 Å². The first kappa shape index (κ1) is 12.9. The van der Waals surface area contributed by atoms with Gasteiger partial charge in [-0.05, 0) is 31.9 Å². The van der Waals surface area contributed by atoms with Crippen LogP contribution in [0.15, 0.2) is 17.3 Å². The lowest BCUT2D eigenvalue weighted by Crippen LogP contribution is -2.35. The third kappa shape index (κ3) is 3.01. The van der Waals surface area contributed by atoms with E-state index in [0.717, 1.165) is 22.6 Å². The topological polar surface area (TPSA) is 78.9 Å². The Kier molecular flexibility index (Phi) is 3.86. The number of aryl methyl sites for hydroxylation is 1. The highest BCUT2D eigenvalue weighted by molar-refractivity contribution is 7.13. The Morgan fingerprint density at radius 3 is 2.83 bits per heavy atom. The van der Waals surface area contributed by atoms with Crippen LogP contribution in [0.3, 0.4) is 0 Å². The Bertz CT molecular complexity index is 466. The van der Waals surface area contributed by atoms with E-state index in [0.29, 0.717) is 19.0 Å². The van der Waals surface area contributed by atoms with Crippen LogP contribution in [0.2, 0.25) is 0 Å². The SMILES string of the molecule is Cc1ccc(C(=O)N(CCC(N)=NO)C2CC2)s1. The van der Waals surface area contributed by atoms with Crippen LogP contribution in [0, 0.1) is 6.92 Å². The Hall–Kier alpha value is -1.56. The normalized spacial score (nSPS) is 15.7. The highest BCUT2D eigenvalue weighted by Crippen LogP contribution is 2.29. The zero-order chi connectivity index (χ0) is 13.1. The molecule has 1 aromatic rings. The van der Waals surface area contributed by atoms with E-state index in [1.807, 2.05) is 24.0 Å². The summed E-state index contributed by atoms with van der Waals surface area (Å²) in [4.78, 5) is 16.1. The highest BCUT2D eigenvalue weighted by atomic mass is 32.1. The Balaban J connectivity index is 2.03. The molecule has 1 fully saturated rings. The van der Waals surface area contributed by atoms with Crippen molar-refractivity contribution < 1.29 is 10.0 Å². The van der Waals surface area contributed by atoms with Crippen LogP contribution in [0.5, 0.6) is 0 Å². The van der Waals surface area contributed by atoms with Gasteiger partial charge in [0, 0.05) is 23.9 Å². The Morgan fingerprint density at radius 1 is 1.61 bits per heavy atom. The Morgan fingerprint density at radius 2 is 2.33 bits per heavy atom. The largest absolute Gasteiger partial charge is 0.409 e. The van der Waals surface area contributed by atoms with Crippen molar-refractivity contribution in [2.75, 3.05) is 6.54 Å². The summed E-state index contributed by atoms with van der Waals surface area (Å²) in [6.45, 7) is 2.50. The van der Waals surface area contributed by atoms with E-state index >= 15 is 0 Å². The average Bonchev–Trinajstić information content (AvgIpc) is 3.10. The molecule has 6 heteroatoms. The van der Waals surface area contributed by atoms with Crippen molar-refractivity contribution in [3.8, 4) is 0 Å². The van der Waals surface area contributed by atoms with Crippen molar-refractivity contribution in [2.45, 2.75) is 32.2 Å². The molecule has 1 aromatic heterocycles. The molecule has 5 nitrogen and oxygen atoms in total. The summed E-state index contributed by atoms with van der Waals surface area (Å²) in [5.41, 5.74) is 5.45. The number of hydrogen-bond donors (Lipinski definition) is 2. The molecule has 1 amide bonds. The van der Waals surface area contributed by atoms with Crippen molar-refractivity contribution in [2.24, 2.45) is 10.9 Å². The van der Waals surface area contributed by atoms with Gasteiger partial charge >= 0.3 is 0 Å². The van der Waals surface area contributed by atoms with Crippen LogP contribution in [0.4, 0.5) is 0 Å². The van der Waals surface area contributed by atoms with E-state index in [-0.39, 0.29) is 11.7 Å². The molecule has 0 saturated heterocycles. The minimum Gasteiger partial charge on any atom is -0.409 e. The summed E-state index contributed by atoms with van der Waals surface area (Å²) < 4.78 is 0. The number of thiophene rings is 1. The van der Waals surface area contributed by atoms with E-state index in [2.05, 4.69) is 5.16 Å². The van der Waals surface area contributed by atoms with Gasteiger partial charge in [0.1, 0.15) is 5.84 Å². The first-order valence-corrected chi connectivity index (χ1v) is 6.77. The predicted octanol–water partition coefficient (Wildman–Crippen LogP) is 1.80. The molecule has 0 bridgehead atoms. The zero-order valence-electron chi connectivity index (χ0n) is 10.3. The maximum Gasteiger partial charge on any atom is 0.264 e. The molecule has 1 saturated carbocycles. The average molecular weight is 267 g/mol. The summed E-state index contributed by atoms with van der Waals surface area (Å²) in [5, 5.41) is 11.5. The van der Waals surface area contributed by atoms with Gasteiger partial charge in [-0.2, -0.15) is 0 Å². The molecule has 2 rings (SSSR count). The number of nitrogens with zero attached hydrogens (tertiary/aromatic N) is 2. The number of carbonyl (C=O) groups excluding carboxylic acids is 1. The fourth-order valence-electron chi connectivity index (χ4n) is 1.81. The van der Waals surface area contributed by atoms with Gasteiger partial charge in [-0.15, -0.1) is 11.3 Å². The van der Waals surface area contributed by atoms with Crippen LogP contribution in [0.1, 0.15) is 33.8 Å². The molecule has 3 N–H and O–H groups in total. The smallest absolute Gasteiger partial charge is 0.264 e. The van der Waals surface area contributed by atoms with E-state index < -0.39 is 0 Å². The molecular formula is C12H17N3O2S. The van der Waals surface area contributed by atoms with E-state index in [9.17, 15) is 4.79 Å². The van der Waals surface area contributed by atoms with Gasteiger partial charge in [0.25, 0.3) is 5.91 Å². The third-order valence-electron chi connectivity index (χ3n) is 2.94. The predicted molar refractivity (Wildman–Crippen MR) is 71.1 cm³/mol. The molecule has 98 valence electrons. The molecule has 1 heterocycles. The molecule has 1 aliphatic rings. The summed E-state index contributed by atoms with van der Waals surface area (Å²) in [5.74, 6) is 0.220. The number of amidine groups is 1. The van der Waals surface area contributed by atoms with E-state index in [1.54, 1.807) is 0 Å². The first-order valence-electron chi connectivity index (χ1n) is 5.95. The lowest BCUT2D eigenvalue weighted by Gasteiger charge is -2.21. The van der Waals surface area contributed by atoms with Crippen LogP contribution in [-0.2, 0) is 0 Å². The second kappa shape index (κ2) is 5.39. The minimum absolute atomic E-state index is 0.0568. The quantitative estimate of drug-likeness (QED) is 0.369. The Labute approximate surface area is 110 Å². The van der Waals surface area contributed by atoms with Crippen LogP contribution in [0.25, 0.3) is 0 Å². The maximum atomic E-state index is 12.3. The monoisotopic (exact) mass is 267 g/mol. The lowest BCUT2D eigenvalue weighted by atomic mass is 10.3. The van der Waals surface area contributed by atoms with Gasteiger partial charge in [-0.1, -0.05) is 5.16 Å². The van der Waals surface area contributed by atoms with Crippen molar-refractivity contribution in [3.63, 3.8) is 0 Å². The van der Waals surface area contributed by atoms with E-state index in [1.165, 1.54) is 11.3 Å². The minimum atomic E-state index is 0.0568. The second-order valence-electron chi connectivity index (χ2n) is 4.48. The number of nitrogens with two attached hydrogens (primary N) is 1. The summed E-state index contributed by atoms with van der Waals surface area (Å²) >= 11 is 1.51. The number of rotatable bonds is 5.